The third kappa shape index (κ3) is 3.22. The number of carbonyl (C=O) groups is 1. The van der Waals surface area contributed by atoms with Crippen LogP contribution in [-0.4, -0.2) is 44.1 Å². The highest BCUT2D eigenvalue weighted by Gasteiger charge is 2.21. The first-order valence-electron chi connectivity index (χ1n) is 8.35. The van der Waals surface area contributed by atoms with Gasteiger partial charge in [0.2, 0.25) is 0 Å². The van der Waals surface area contributed by atoms with Crippen molar-refractivity contribution in [3.8, 4) is 0 Å². The number of aryl methyl sites for hydroxylation is 3. The van der Waals surface area contributed by atoms with Gasteiger partial charge in [0.25, 0.3) is 0 Å². The molecule has 1 amide bonds. The zero-order valence-electron chi connectivity index (χ0n) is 14.9. The number of amides is 1. The van der Waals surface area contributed by atoms with Crippen molar-refractivity contribution in [2.24, 2.45) is 0 Å². The summed E-state index contributed by atoms with van der Waals surface area (Å²) in [6.45, 7) is 2.23. The Labute approximate surface area is 149 Å². The predicted molar refractivity (Wildman–Crippen MR) is 95.8 cm³/mol. The Kier molecular flexibility index (Phi) is 4.83. The molecule has 26 heavy (non-hydrogen) atoms. The highest BCUT2D eigenvalue weighted by molar-refractivity contribution is 5.86. The summed E-state index contributed by atoms with van der Waals surface area (Å²) in [4.78, 5) is 35.0. The number of aromatic nitrogens is 4. The molecule has 0 saturated heterocycles. The molecule has 0 radical (unpaired) electrons. The van der Waals surface area contributed by atoms with Crippen molar-refractivity contribution in [1.29, 1.82) is 0 Å². The molecule has 0 N–H and O–H groups in total. The number of halogens is 1. The molecule has 2 heterocycles. The number of nitrogens with zero attached hydrogens (tertiary/aromatic N) is 5. The van der Waals surface area contributed by atoms with Crippen LogP contribution in [0, 0.1) is 5.82 Å². The van der Waals surface area contributed by atoms with Gasteiger partial charge in [-0.1, -0.05) is 12.1 Å². The second kappa shape index (κ2) is 7.07. The average molecular weight is 357 g/mol. The molecule has 0 aliphatic carbocycles. The van der Waals surface area contributed by atoms with Crippen LogP contribution in [0.15, 0.2) is 35.3 Å². The van der Waals surface area contributed by atoms with Gasteiger partial charge in [-0.3, -0.25) is 4.57 Å². The summed E-state index contributed by atoms with van der Waals surface area (Å²) < 4.78 is 15.8. The van der Waals surface area contributed by atoms with Crippen molar-refractivity contribution >= 4 is 17.2 Å². The van der Waals surface area contributed by atoms with E-state index in [0.29, 0.717) is 36.4 Å². The van der Waals surface area contributed by atoms with Crippen LogP contribution in [0.3, 0.4) is 0 Å². The molecule has 0 spiro atoms. The molecule has 2 aromatic heterocycles. The fourth-order valence-corrected chi connectivity index (χ4v) is 2.82. The minimum Gasteiger partial charge on any atom is -0.330 e. The van der Waals surface area contributed by atoms with Crippen LogP contribution in [0.1, 0.15) is 18.3 Å². The maximum atomic E-state index is 13.3. The molecule has 0 aliphatic heterocycles. The Morgan fingerprint density at radius 2 is 2.04 bits per heavy atom. The van der Waals surface area contributed by atoms with E-state index >= 15 is 0 Å². The van der Waals surface area contributed by atoms with Crippen molar-refractivity contribution in [1.82, 2.24) is 24.0 Å². The number of imidazole rings is 1. The fraction of sp³-hybridized carbons (Fsp3) is 0.333. The van der Waals surface area contributed by atoms with Crippen LogP contribution in [0.5, 0.6) is 0 Å². The lowest BCUT2D eigenvalue weighted by Crippen LogP contribution is -2.36. The first-order chi connectivity index (χ1) is 12.4. The highest BCUT2D eigenvalue weighted by atomic mass is 19.1. The van der Waals surface area contributed by atoms with Gasteiger partial charge >= 0.3 is 11.7 Å². The van der Waals surface area contributed by atoms with E-state index < -0.39 is 11.7 Å². The van der Waals surface area contributed by atoms with Gasteiger partial charge in [-0.2, -0.15) is 4.57 Å². The summed E-state index contributed by atoms with van der Waals surface area (Å²) in [6.07, 6.45) is 2.60. The van der Waals surface area contributed by atoms with Crippen LogP contribution in [0.2, 0.25) is 0 Å². The minimum atomic E-state index is -0.456. The molecular weight excluding hydrogens is 337 g/mol. The maximum absolute atomic E-state index is 13.3. The standard InChI is InChI=1S/C18H20FN5O2/c1-4-23-14-11-20-15(9-8-12-6-5-7-13(19)10-12)21-16(14)24(18(23)26)17(25)22(2)3/h5-7,10-11H,4,8-9H2,1-3H3. The van der Waals surface area contributed by atoms with Crippen molar-refractivity contribution in [2.75, 3.05) is 14.1 Å². The molecule has 3 aromatic rings. The molecule has 0 fully saturated rings. The van der Waals surface area contributed by atoms with E-state index in [4.69, 9.17) is 0 Å². The molecule has 1 aromatic carbocycles. The molecule has 0 saturated carbocycles. The van der Waals surface area contributed by atoms with Crippen molar-refractivity contribution in [3.63, 3.8) is 0 Å². The Morgan fingerprint density at radius 1 is 1.27 bits per heavy atom. The number of rotatable bonds is 4. The number of hydrogen-bond donors (Lipinski definition) is 0. The fourth-order valence-electron chi connectivity index (χ4n) is 2.82. The SMILES string of the molecule is CCn1c(=O)n(C(=O)N(C)C)c2nc(CCc3cccc(F)c3)ncc21. The summed E-state index contributed by atoms with van der Waals surface area (Å²) in [7, 11) is 3.16. The number of hydrogen-bond acceptors (Lipinski definition) is 4. The van der Waals surface area contributed by atoms with Gasteiger partial charge in [-0.15, -0.1) is 0 Å². The van der Waals surface area contributed by atoms with E-state index in [1.807, 2.05) is 13.0 Å². The van der Waals surface area contributed by atoms with Gasteiger partial charge < -0.3 is 4.90 Å². The molecule has 3 rings (SSSR count). The molecular formula is C18H20FN5O2. The lowest BCUT2D eigenvalue weighted by molar-refractivity contribution is 0.219. The Balaban J connectivity index is 2.00. The predicted octanol–water partition coefficient (Wildman–Crippen LogP) is 2.07. The first-order valence-corrected chi connectivity index (χ1v) is 8.35. The molecule has 0 bridgehead atoms. The summed E-state index contributed by atoms with van der Waals surface area (Å²) in [5.74, 6) is 0.208. The van der Waals surface area contributed by atoms with E-state index in [-0.39, 0.29) is 5.82 Å². The Hall–Kier alpha value is -3.03. The molecule has 7 nitrogen and oxygen atoms in total. The zero-order chi connectivity index (χ0) is 18.8. The molecule has 0 aliphatic rings. The lowest BCUT2D eigenvalue weighted by Gasteiger charge is -2.10. The third-order valence-corrected chi connectivity index (χ3v) is 4.14. The van der Waals surface area contributed by atoms with Gasteiger partial charge in [0, 0.05) is 27.1 Å². The topological polar surface area (TPSA) is 73.0 Å². The second-order valence-corrected chi connectivity index (χ2v) is 6.16. The van der Waals surface area contributed by atoms with Crippen molar-refractivity contribution in [2.45, 2.75) is 26.3 Å². The average Bonchev–Trinajstić information content (AvgIpc) is 2.89. The summed E-state index contributed by atoms with van der Waals surface area (Å²) in [6, 6.07) is 5.90. The van der Waals surface area contributed by atoms with Gasteiger partial charge in [0.1, 0.15) is 17.2 Å². The van der Waals surface area contributed by atoms with Gasteiger partial charge in [-0.05, 0) is 31.0 Å². The normalized spacial score (nSPS) is 11.1. The number of carbonyl (C=O) groups excluding carboxylic acids is 1. The largest absolute Gasteiger partial charge is 0.338 e. The maximum Gasteiger partial charge on any atom is 0.338 e. The summed E-state index contributed by atoms with van der Waals surface area (Å²) in [5.41, 5.74) is 1.21. The van der Waals surface area contributed by atoms with Gasteiger partial charge in [0.15, 0.2) is 5.65 Å². The van der Waals surface area contributed by atoms with Gasteiger partial charge in [-0.25, -0.2) is 23.9 Å². The van der Waals surface area contributed by atoms with E-state index in [0.717, 1.165) is 10.1 Å². The number of fused-ring (bicyclic) bond motifs is 1. The van der Waals surface area contributed by atoms with Gasteiger partial charge in [0.05, 0.1) is 6.20 Å². The number of benzene rings is 1. The Bertz CT molecular complexity index is 1020. The lowest BCUT2D eigenvalue weighted by atomic mass is 10.1. The second-order valence-electron chi connectivity index (χ2n) is 6.16. The van der Waals surface area contributed by atoms with Crippen LogP contribution in [0.25, 0.3) is 11.2 Å². The van der Waals surface area contributed by atoms with E-state index in [9.17, 15) is 14.0 Å². The summed E-state index contributed by atoms with van der Waals surface area (Å²) >= 11 is 0. The van der Waals surface area contributed by atoms with E-state index in [1.165, 1.54) is 21.6 Å². The Morgan fingerprint density at radius 3 is 2.69 bits per heavy atom. The van der Waals surface area contributed by atoms with Crippen LogP contribution >= 0.6 is 0 Å². The molecule has 0 unspecified atom stereocenters. The molecule has 8 heteroatoms. The summed E-state index contributed by atoms with van der Waals surface area (Å²) in [5, 5.41) is 0. The van der Waals surface area contributed by atoms with Crippen LogP contribution in [0.4, 0.5) is 9.18 Å². The van der Waals surface area contributed by atoms with E-state index in [2.05, 4.69) is 9.97 Å². The monoisotopic (exact) mass is 357 g/mol. The minimum absolute atomic E-state index is 0.288. The van der Waals surface area contributed by atoms with Crippen molar-refractivity contribution < 1.29 is 9.18 Å². The first kappa shape index (κ1) is 17.8. The van der Waals surface area contributed by atoms with Crippen LogP contribution in [-0.2, 0) is 19.4 Å². The molecule has 136 valence electrons. The third-order valence-electron chi connectivity index (χ3n) is 4.14. The quantitative estimate of drug-likeness (QED) is 0.716. The molecule has 0 atom stereocenters. The van der Waals surface area contributed by atoms with Crippen molar-refractivity contribution in [3.05, 3.63) is 58.2 Å². The van der Waals surface area contributed by atoms with Crippen LogP contribution < -0.4 is 5.69 Å². The van der Waals surface area contributed by atoms with E-state index in [1.54, 1.807) is 26.4 Å². The highest BCUT2D eigenvalue weighted by Crippen LogP contribution is 2.13. The zero-order valence-corrected chi connectivity index (χ0v) is 14.9. The smallest absolute Gasteiger partial charge is 0.330 e.